The predicted molar refractivity (Wildman–Crippen MR) is 77.5 cm³/mol. The predicted octanol–water partition coefficient (Wildman–Crippen LogP) is 2.38. The van der Waals surface area contributed by atoms with Crippen molar-refractivity contribution < 1.29 is 4.74 Å². The second-order valence-corrected chi connectivity index (χ2v) is 6.58. The summed E-state index contributed by atoms with van der Waals surface area (Å²) in [6.45, 7) is 6.12. The maximum Gasteiger partial charge on any atom is 0.0931 e. The molecule has 0 amide bonds. The van der Waals surface area contributed by atoms with Crippen LogP contribution >= 0.6 is 22.9 Å². The number of nitrogens with two attached hydrogens (primary N) is 1. The first kappa shape index (κ1) is 14.3. The molecular formula is C13H21ClN2OS. The van der Waals surface area contributed by atoms with Gasteiger partial charge in [0.05, 0.1) is 17.0 Å². The number of halogens is 1. The molecule has 2 heterocycles. The van der Waals surface area contributed by atoms with Gasteiger partial charge in [0.25, 0.3) is 0 Å². The van der Waals surface area contributed by atoms with Gasteiger partial charge in [-0.2, -0.15) is 0 Å². The van der Waals surface area contributed by atoms with Gasteiger partial charge in [0.1, 0.15) is 0 Å². The molecule has 1 aliphatic rings. The van der Waals surface area contributed by atoms with Crippen LogP contribution in [0.15, 0.2) is 12.1 Å². The van der Waals surface area contributed by atoms with Crippen LogP contribution in [0.2, 0.25) is 4.34 Å². The Balaban J connectivity index is 1.86. The monoisotopic (exact) mass is 288 g/mol. The van der Waals surface area contributed by atoms with Crippen LogP contribution in [0.25, 0.3) is 0 Å². The summed E-state index contributed by atoms with van der Waals surface area (Å²) < 4.78 is 6.63. The lowest BCUT2D eigenvalue weighted by Crippen LogP contribution is -2.51. The van der Waals surface area contributed by atoms with Crippen LogP contribution < -0.4 is 5.73 Å². The molecule has 1 aromatic rings. The maximum atomic E-state index is 6.26. The first-order chi connectivity index (χ1) is 8.69. The van der Waals surface area contributed by atoms with Crippen molar-refractivity contribution in [3.8, 4) is 0 Å². The van der Waals surface area contributed by atoms with Crippen LogP contribution in [0.3, 0.4) is 0 Å². The smallest absolute Gasteiger partial charge is 0.0931 e. The largest absolute Gasteiger partial charge is 0.374 e. The minimum atomic E-state index is 0.0550. The summed E-state index contributed by atoms with van der Waals surface area (Å²) in [5.41, 5.74) is 6.26. The average molecular weight is 289 g/mol. The Labute approximate surface area is 118 Å². The third kappa shape index (κ3) is 3.93. The molecule has 3 nitrogen and oxygen atoms in total. The van der Waals surface area contributed by atoms with Crippen LogP contribution in [0.5, 0.6) is 0 Å². The normalized spacial score (nSPS) is 23.2. The first-order valence-corrected chi connectivity index (χ1v) is 7.72. The highest BCUT2D eigenvalue weighted by Gasteiger charge is 2.25. The summed E-state index contributed by atoms with van der Waals surface area (Å²) in [5.74, 6) is 0. The molecule has 18 heavy (non-hydrogen) atoms. The van der Waals surface area contributed by atoms with Crippen molar-refractivity contribution in [2.24, 2.45) is 5.73 Å². The van der Waals surface area contributed by atoms with Gasteiger partial charge in [0, 0.05) is 24.0 Å². The number of nitrogens with zero attached hydrogens (tertiary/aromatic N) is 1. The van der Waals surface area contributed by atoms with Gasteiger partial charge in [-0.3, -0.25) is 4.90 Å². The van der Waals surface area contributed by atoms with E-state index in [0.717, 1.165) is 37.0 Å². The average Bonchev–Trinajstić information content (AvgIpc) is 2.75. The van der Waals surface area contributed by atoms with E-state index >= 15 is 0 Å². The number of morpholine rings is 1. The molecule has 0 radical (unpaired) electrons. The Kier molecular flexibility index (Phi) is 5.45. The van der Waals surface area contributed by atoms with E-state index in [0.29, 0.717) is 0 Å². The van der Waals surface area contributed by atoms with Crippen LogP contribution in [0.4, 0.5) is 0 Å². The van der Waals surface area contributed by atoms with E-state index in [2.05, 4.69) is 17.9 Å². The molecule has 2 atom stereocenters. The van der Waals surface area contributed by atoms with Crippen molar-refractivity contribution >= 4 is 22.9 Å². The molecule has 1 fully saturated rings. The van der Waals surface area contributed by atoms with E-state index in [1.807, 2.05) is 6.07 Å². The van der Waals surface area contributed by atoms with E-state index < -0.39 is 0 Å². The Morgan fingerprint density at radius 3 is 3.11 bits per heavy atom. The van der Waals surface area contributed by atoms with Crippen molar-refractivity contribution in [1.29, 1.82) is 0 Å². The number of thiophene rings is 1. The Hall–Kier alpha value is -0.130. The highest BCUT2D eigenvalue weighted by atomic mass is 35.5. The summed E-state index contributed by atoms with van der Waals surface area (Å²) in [5, 5.41) is 0. The zero-order valence-electron chi connectivity index (χ0n) is 10.8. The van der Waals surface area contributed by atoms with Crippen molar-refractivity contribution in [1.82, 2.24) is 4.90 Å². The first-order valence-electron chi connectivity index (χ1n) is 6.52. The van der Waals surface area contributed by atoms with E-state index in [1.165, 1.54) is 11.3 Å². The Morgan fingerprint density at radius 1 is 1.61 bits per heavy atom. The summed E-state index contributed by atoms with van der Waals surface area (Å²) in [6.07, 6.45) is 2.18. The summed E-state index contributed by atoms with van der Waals surface area (Å²) in [7, 11) is 0. The topological polar surface area (TPSA) is 38.5 Å². The third-order valence-corrected chi connectivity index (χ3v) is 4.51. The number of ether oxygens (including phenoxy) is 1. The van der Waals surface area contributed by atoms with Gasteiger partial charge in [-0.15, -0.1) is 11.3 Å². The van der Waals surface area contributed by atoms with E-state index in [1.54, 1.807) is 11.3 Å². The molecule has 0 saturated carbocycles. The molecule has 0 bridgehead atoms. The van der Waals surface area contributed by atoms with Gasteiger partial charge in [-0.05, 0) is 31.5 Å². The summed E-state index contributed by atoms with van der Waals surface area (Å²) >= 11 is 7.54. The number of hydrogen-bond acceptors (Lipinski definition) is 4. The van der Waals surface area contributed by atoms with Gasteiger partial charge in [0.2, 0.25) is 0 Å². The summed E-state index contributed by atoms with van der Waals surface area (Å²) in [6, 6.07) is 4.04. The minimum absolute atomic E-state index is 0.0550. The molecule has 0 aliphatic carbocycles. The highest BCUT2D eigenvalue weighted by Crippen LogP contribution is 2.23. The molecule has 2 rings (SSSR count). The van der Waals surface area contributed by atoms with Gasteiger partial charge in [-0.25, -0.2) is 0 Å². The molecule has 2 unspecified atom stereocenters. The van der Waals surface area contributed by atoms with Crippen LogP contribution in [0.1, 0.15) is 18.2 Å². The zero-order valence-corrected chi connectivity index (χ0v) is 12.3. The Morgan fingerprint density at radius 2 is 2.44 bits per heavy atom. The third-order valence-electron chi connectivity index (χ3n) is 3.26. The van der Waals surface area contributed by atoms with Gasteiger partial charge >= 0.3 is 0 Å². The second-order valence-electron chi connectivity index (χ2n) is 4.78. The van der Waals surface area contributed by atoms with E-state index in [4.69, 9.17) is 22.1 Å². The van der Waals surface area contributed by atoms with Crippen LogP contribution in [-0.4, -0.2) is 43.3 Å². The van der Waals surface area contributed by atoms with Crippen LogP contribution in [-0.2, 0) is 11.2 Å². The van der Waals surface area contributed by atoms with E-state index in [-0.39, 0.29) is 12.1 Å². The fourth-order valence-corrected chi connectivity index (χ4v) is 3.49. The molecule has 0 aromatic carbocycles. The zero-order chi connectivity index (χ0) is 13.0. The fraction of sp³-hybridized carbons (Fsp3) is 0.692. The molecule has 1 saturated heterocycles. The molecule has 0 spiro atoms. The molecule has 1 aromatic heterocycles. The lowest BCUT2D eigenvalue weighted by molar-refractivity contribution is -0.0399. The standard InChI is InChI=1S/C13H21ClN2OS/c1-2-5-16-6-7-17-12(9-16)11(15)8-10-3-4-13(14)18-10/h3-4,11-12H,2,5-9,15H2,1H3. The second kappa shape index (κ2) is 6.87. The van der Waals surface area contributed by atoms with E-state index in [9.17, 15) is 0 Å². The molecule has 5 heteroatoms. The SMILES string of the molecule is CCCN1CCOC(C(N)Cc2ccc(Cl)s2)C1. The van der Waals surface area contributed by atoms with Crippen molar-refractivity contribution in [3.05, 3.63) is 21.3 Å². The van der Waals surface area contributed by atoms with Gasteiger partial charge in [-0.1, -0.05) is 18.5 Å². The summed E-state index contributed by atoms with van der Waals surface area (Å²) in [4.78, 5) is 3.68. The molecule has 2 N–H and O–H groups in total. The Bertz CT molecular complexity index is 370. The molecule has 102 valence electrons. The quantitative estimate of drug-likeness (QED) is 0.904. The van der Waals surface area contributed by atoms with Crippen molar-refractivity contribution in [2.75, 3.05) is 26.2 Å². The lowest BCUT2D eigenvalue weighted by Gasteiger charge is -2.35. The fourth-order valence-electron chi connectivity index (χ4n) is 2.34. The van der Waals surface area contributed by atoms with Gasteiger partial charge < -0.3 is 10.5 Å². The highest BCUT2D eigenvalue weighted by molar-refractivity contribution is 7.16. The van der Waals surface area contributed by atoms with Gasteiger partial charge in [0.15, 0.2) is 0 Å². The molecule has 1 aliphatic heterocycles. The molecular weight excluding hydrogens is 268 g/mol. The lowest BCUT2D eigenvalue weighted by atomic mass is 10.1. The minimum Gasteiger partial charge on any atom is -0.374 e. The van der Waals surface area contributed by atoms with Crippen LogP contribution in [0, 0.1) is 0 Å². The number of rotatable bonds is 5. The van der Waals surface area contributed by atoms with Crippen molar-refractivity contribution in [2.45, 2.75) is 31.9 Å². The number of hydrogen-bond donors (Lipinski definition) is 1. The van der Waals surface area contributed by atoms with Crippen molar-refractivity contribution in [3.63, 3.8) is 0 Å². The maximum absolute atomic E-state index is 6.26.